The molecule has 1 rings (SSSR count). The minimum atomic E-state index is -1.00. The third kappa shape index (κ3) is 15.7. The van der Waals surface area contributed by atoms with Crippen molar-refractivity contribution < 1.29 is 49.5 Å². The van der Waals surface area contributed by atoms with Crippen LogP contribution in [0.15, 0.2) is 23.3 Å². The molecule has 0 aliphatic heterocycles. The monoisotopic (exact) mass is 155 g/mol. The Morgan fingerprint density at radius 2 is 2.10 bits per heavy atom. The van der Waals surface area contributed by atoms with Crippen molar-refractivity contribution in [3.8, 4) is 0 Å². The zero-order valence-corrected chi connectivity index (χ0v) is 7.65. The Labute approximate surface area is 81.0 Å². The molecule has 0 unspecified atom stereocenters. The maximum absolute atomic E-state index is 8.49. The fourth-order valence-electron chi connectivity index (χ4n) is 0.176. The van der Waals surface area contributed by atoms with Gasteiger partial charge in [-0.3, -0.25) is 0 Å². The quantitative estimate of drug-likeness (QED) is 0.377. The first-order chi connectivity index (χ1) is 3.91. The van der Waals surface area contributed by atoms with Crippen molar-refractivity contribution >= 4 is 7.69 Å². The van der Waals surface area contributed by atoms with Gasteiger partial charge in [0.05, 0.1) is 6.20 Å². The van der Waals surface area contributed by atoms with Gasteiger partial charge in [-0.25, -0.2) is 4.98 Å². The Hall–Kier alpha value is 0.155. The maximum atomic E-state index is 8.49. The van der Waals surface area contributed by atoms with Crippen LogP contribution in [0.25, 0.3) is 0 Å². The zero-order valence-electron chi connectivity index (χ0n) is 5.65. The van der Waals surface area contributed by atoms with Gasteiger partial charge in [-0.1, -0.05) is 0 Å². The summed E-state index contributed by atoms with van der Waals surface area (Å²) in [4.78, 5) is 3.56. The Morgan fingerprint density at radius 1 is 1.60 bits per heavy atom. The average molecular weight is 155 g/mol. The summed E-state index contributed by atoms with van der Waals surface area (Å²) in [6.45, 7) is 0. The molecule has 1 aromatic heterocycles. The standard InChI is InChI=1S/C3H3NO.BH2O2.Na.H2O/c1-2-5-3-4-1;2-1-3;;/h1-3H;1-2H;;1H2/q;-1;+1;. The van der Waals surface area contributed by atoms with E-state index in [4.69, 9.17) is 10.0 Å². The van der Waals surface area contributed by atoms with Crippen molar-refractivity contribution in [3.63, 3.8) is 0 Å². The first kappa shape index (κ1) is 16.6. The van der Waals surface area contributed by atoms with Crippen LogP contribution >= 0.6 is 0 Å². The Morgan fingerprint density at radius 3 is 2.20 bits per heavy atom. The van der Waals surface area contributed by atoms with Crippen LogP contribution in [0.3, 0.4) is 0 Å². The summed E-state index contributed by atoms with van der Waals surface area (Å²) in [5, 5.41) is 15.5. The molecule has 1 heterocycles. The first-order valence-electron chi connectivity index (χ1n) is 1.93. The van der Waals surface area contributed by atoms with Crippen molar-refractivity contribution in [1.29, 1.82) is 0 Å². The van der Waals surface area contributed by atoms with E-state index in [1.54, 1.807) is 6.20 Å². The van der Waals surface area contributed by atoms with Gasteiger partial charge >= 0.3 is 29.6 Å². The number of oxazole rings is 1. The van der Waals surface area contributed by atoms with Gasteiger partial charge in [-0.2, -0.15) is 0 Å². The van der Waals surface area contributed by atoms with Gasteiger partial charge in [-0.15, -0.1) is 0 Å². The third-order valence-electron chi connectivity index (χ3n) is 0.347. The summed E-state index contributed by atoms with van der Waals surface area (Å²) >= 11 is 0. The van der Waals surface area contributed by atoms with E-state index < -0.39 is 7.69 Å². The fourth-order valence-corrected chi connectivity index (χ4v) is 0.176. The number of rotatable bonds is 0. The number of nitrogens with zero attached hydrogens (tertiary/aromatic N) is 1. The Kier molecular flexibility index (Phi) is 26.7. The molecule has 3 N–H and O–H groups in total. The summed E-state index contributed by atoms with van der Waals surface area (Å²) in [6.07, 6.45) is 4.47. The van der Waals surface area contributed by atoms with Crippen molar-refractivity contribution in [3.05, 3.63) is 18.9 Å². The SMILES string of the molecule is O.[Na+].[O-]BO.c1cocn1. The van der Waals surface area contributed by atoms with Crippen LogP contribution < -0.4 is 34.6 Å². The van der Waals surface area contributed by atoms with Crippen LogP contribution in [-0.4, -0.2) is 23.2 Å². The molecule has 52 valence electrons. The molecule has 0 aliphatic carbocycles. The van der Waals surface area contributed by atoms with Crippen LogP contribution in [0, 0.1) is 0 Å². The fraction of sp³-hybridized carbons (Fsp3) is 0. The second-order valence-corrected chi connectivity index (χ2v) is 0.805. The Balaban J connectivity index is -0.0000000900. The van der Waals surface area contributed by atoms with E-state index in [0.29, 0.717) is 0 Å². The normalized spacial score (nSPS) is 5.40. The molecule has 10 heavy (non-hydrogen) atoms. The molecular formula is C3H7BNNaO4. The predicted molar refractivity (Wildman–Crippen MR) is 29.5 cm³/mol. The molecule has 0 spiro atoms. The molecule has 0 saturated heterocycles. The summed E-state index contributed by atoms with van der Waals surface area (Å²) in [5.74, 6) is 0. The number of hydrogen-bond donors (Lipinski definition) is 1. The third-order valence-corrected chi connectivity index (χ3v) is 0.347. The molecule has 0 radical (unpaired) electrons. The van der Waals surface area contributed by atoms with Crippen molar-refractivity contribution in [1.82, 2.24) is 4.98 Å². The number of hydrogen-bond acceptors (Lipinski definition) is 4. The van der Waals surface area contributed by atoms with Gasteiger partial charge in [0.15, 0.2) is 14.1 Å². The van der Waals surface area contributed by atoms with Gasteiger partial charge in [0.25, 0.3) is 0 Å². The minimum Gasteiger partial charge on any atom is -0.859 e. The first-order valence-corrected chi connectivity index (χ1v) is 1.93. The van der Waals surface area contributed by atoms with Crippen molar-refractivity contribution in [2.24, 2.45) is 0 Å². The van der Waals surface area contributed by atoms with Gasteiger partial charge in [0, 0.05) is 0 Å². The van der Waals surface area contributed by atoms with Gasteiger partial charge in [0.1, 0.15) is 6.26 Å². The number of aromatic nitrogens is 1. The van der Waals surface area contributed by atoms with Crippen molar-refractivity contribution in [2.45, 2.75) is 0 Å². The van der Waals surface area contributed by atoms with E-state index in [2.05, 4.69) is 9.40 Å². The minimum absolute atomic E-state index is 0. The van der Waals surface area contributed by atoms with E-state index in [9.17, 15) is 0 Å². The van der Waals surface area contributed by atoms with Crippen molar-refractivity contribution in [2.75, 3.05) is 0 Å². The molecule has 7 heteroatoms. The van der Waals surface area contributed by atoms with Crippen LogP contribution in [0.2, 0.25) is 0 Å². The van der Waals surface area contributed by atoms with Gasteiger partial charge in [-0.05, 0) is 0 Å². The van der Waals surface area contributed by atoms with Crippen LogP contribution in [0.1, 0.15) is 0 Å². The second-order valence-electron chi connectivity index (χ2n) is 0.805. The molecular weight excluding hydrogens is 148 g/mol. The molecule has 0 aromatic carbocycles. The molecule has 0 fully saturated rings. The van der Waals surface area contributed by atoms with Gasteiger partial charge < -0.3 is 19.9 Å². The summed E-state index contributed by atoms with van der Waals surface area (Å²) in [5.41, 5.74) is 0. The van der Waals surface area contributed by atoms with Crippen LogP contribution in [-0.2, 0) is 0 Å². The summed E-state index contributed by atoms with van der Waals surface area (Å²) in [7, 11) is -1.00. The Bertz CT molecular complexity index is 87.4. The second kappa shape index (κ2) is 16.1. The predicted octanol–water partition coefficient (Wildman–Crippen LogP) is -5.54. The molecule has 0 bridgehead atoms. The summed E-state index contributed by atoms with van der Waals surface area (Å²) in [6, 6.07) is 0. The molecule has 0 amide bonds. The zero-order chi connectivity index (χ0) is 6.24. The topological polar surface area (TPSA) is 101 Å². The van der Waals surface area contributed by atoms with Gasteiger partial charge in [0.2, 0.25) is 0 Å². The average Bonchev–Trinajstić information content (AvgIpc) is 2.17. The van der Waals surface area contributed by atoms with E-state index in [-0.39, 0.29) is 35.0 Å². The molecule has 5 nitrogen and oxygen atoms in total. The molecule has 1 aromatic rings. The van der Waals surface area contributed by atoms with E-state index in [1.165, 1.54) is 12.7 Å². The van der Waals surface area contributed by atoms with E-state index in [0.717, 1.165) is 0 Å². The maximum Gasteiger partial charge on any atom is 1.00 e. The molecule has 0 saturated carbocycles. The smallest absolute Gasteiger partial charge is 0.859 e. The summed E-state index contributed by atoms with van der Waals surface area (Å²) < 4.78 is 4.47. The largest absolute Gasteiger partial charge is 1.00 e. The molecule has 0 atom stereocenters. The van der Waals surface area contributed by atoms with E-state index in [1.807, 2.05) is 0 Å². The van der Waals surface area contributed by atoms with Crippen LogP contribution in [0.5, 0.6) is 0 Å². The van der Waals surface area contributed by atoms with Crippen LogP contribution in [0.4, 0.5) is 0 Å². The molecule has 0 aliphatic rings. The van der Waals surface area contributed by atoms with E-state index >= 15 is 0 Å².